The number of hydrogen-bond donors (Lipinski definition) is 1. The van der Waals surface area contributed by atoms with Crippen molar-refractivity contribution in [2.45, 2.75) is 26.4 Å². The Balaban J connectivity index is 2.20. The van der Waals surface area contributed by atoms with Crippen LogP contribution < -0.4 is 0 Å². The quantitative estimate of drug-likeness (QED) is 0.876. The van der Waals surface area contributed by atoms with E-state index in [4.69, 9.17) is 0 Å². The van der Waals surface area contributed by atoms with E-state index >= 15 is 0 Å². The Morgan fingerprint density at radius 2 is 2.00 bits per heavy atom. The lowest BCUT2D eigenvalue weighted by atomic mass is 10.0. The van der Waals surface area contributed by atoms with Gasteiger partial charge in [-0.25, -0.2) is 4.39 Å². The molecule has 0 saturated carbocycles. The molecule has 4 heteroatoms. The molecule has 0 bridgehead atoms. The minimum absolute atomic E-state index is 0.287. The Morgan fingerprint density at radius 3 is 2.56 bits per heavy atom. The van der Waals surface area contributed by atoms with E-state index < -0.39 is 6.10 Å². The summed E-state index contributed by atoms with van der Waals surface area (Å²) in [6.07, 6.45) is -0.156. The largest absolute Gasteiger partial charge is 0.388 e. The van der Waals surface area contributed by atoms with Gasteiger partial charge in [0.05, 0.1) is 6.10 Å². The smallest absolute Gasteiger partial charge is 0.124 e. The van der Waals surface area contributed by atoms with Gasteiger partial charge in [-0.1, -0.05) is 15.9 Å². The third-order valence-electron chi connectivity index (χ3n) is 2.79. The molecule has 0 radical (unpaired) electrons. The standard InChI is InChI=1S/C14H14BrFOS/c1-8-3-13(9(2)18-8)14(17)6-10-4-11(15)7-12(16)5-10/h3-5,7,14,17H,6H2,1-2H3. The number of aliphatic hydroxyl groups excluding tert-OH is 1. The zero-order valence-corrected chi connectivity index (χ0v) is 12.6. The number of rotatable bonds is 3. The summed E-state index contributed by atoms with van der Waals surface area (Å²) in [5, 5.41) is 10.2. The van der Waals surface area contributed by atoms with Crippen LogP contribution in [-0.2, 0) is 6.42 Å². The minimum Gasteiger partial charge on any atom is -0.388 e. The van der Waals surface area contributed by atoms with Crippen LogP contribution in [0.4, 0.5) is 4.39 Å². The molecule has 1 aromatic carbocycles. The van der Waals surface area contributed by atoms with Crippen molar-refractivity contribution < 1.29 is 9.50 Å². The van der Waals surface area contributed by atoms with Crippen molar-refractivity contribution in [3.63, 3.8) is 0 Å². The normalized spacial score (nSPS) is 12.7. The topological polar surface area (TPSA) is 20.2 Å². The summed E-state index contributed by atoms with van der Waals surface area (Å²) in [5.41, 5.74) is 1.73. The molecule has 0 fully saturated rings. The van der Waals surface area contributed by atoms with Crippen LogP contribution in [-0.4, -0.2) is 5.11 Å². The molecule has 0 spiro atoms. The molecule has 0 aliphatic rings. The van der Waals surface area contributed by atoms with E-state index in [0.717, 1.165) is 16.0 Å². The van der Waals surface area contributed by atoms with Crippen LogP contribution in [0.25, 0.3) is 0 Å². The third kappa shape index (κ3) is 3.19. The molecule has 0 amide bonds. The van der Waals surface area contributed by atoms with Gasteiger partial charge in [0.2, 0.25) is 0 Å². The molecular weight excluding hydrogens is 315 g/mol. The lowest BCUT2D eigenvalue weighted by molar-refractivity contribution is 0.178. The fourth-order valence-electron chi connectivity index (χ4n) is 2.04. The molecule has 1 nitrogen and oxygen atoms in total. The highest BCUT2D eigenvalue weighted by Crippen LogP contribution is 2.29. The number of aliphatic hydroxyl groups is 1. The van der Waals surface area contributed by atoms with Gasteiger partial charge in [0.1, 0.15) is 5.82 Å². The van der Waals surface area contributed by atoms with Crippen LogP contribution in [0.15, 0.2) is 28.7 Å². The van der Waals surface area contributed by atoms with Crippen LogP contribution in [0.3, 0.4) is 0 Å². The predicted octanol–water partition coefficient (Wildman–Crippen LogP) is 4.54. The summed E-state index contributed by atoms with van der Waals surface area (Å²) in [7, 11) is 0. The maximum absolute atomic E-state index is 13.3. The van der Waals surface area contributed by atoms with Crippen molar-refractivity contribution in [1.29, 1.82) is 0 Å². The van der Waals surface area contributed by atoms with Crippen molar-refractivity contribution in [2.24, 2.45) is 0 Å². The summed E-state index contributed by atoms with van der Waals surface area (Å²) in [5.74, 6) is -0.287. The van der Waals surface area contributed by atoms with Crippen molar-refractivity contribution in [3.8, 4) is 0 Å². The molecule has 1 N–H and O–H groups in total. The Bertz CT molecular complexity index is 545. The lowest BCUT2D eigenvalue weighted by Gasteiger charge is -2.11. The first-order valence-electron chi connectivity index (χ1n) is 5.65. The van der Waals surface area contributed by atoms with E-state index in [0.29, 0.717) is 10.9 Å². The van der Waals surface area contributed by atoms with Crippen LogP contribution in [0.2, 0.25) is 0 Å². The Labute approximate surface area is 118 Å². The van der Waals surface area contributed by atoms with Crippen molar-refractivity contribution in [1.82, 2.24) is 0 Å². The van der Waals surface area contributed by atoms with E-state index in [2.05, 4.69) is 15.9 Å². The van der Waals surface area contributed by atoms with E-state index in [1.807, 2.05) is 26.0 Å². The van der Waals surface area contributed by atoms with Gasteiger partial charge < -0.3 is 5.11 Å². The van der Waals surface area contributed by atoms with Crippen molar-refractivity contribution in [3.05, 3.63) is 55.4 Å². The highest BCUT2D eigenvalue weighted by atomic mass is 79.9. The average molecular weight is 329 g/mol. The van der Waals surface area contributed by atoms with Gasteiger partial charge in [0.25, 0.3) is 0 Å². The number of benzene rings is 1. The minimum atomic E-state index is -0.580. The fraction of sp³-hybridized carbons (Fsp3) is 0.286. The molecule has 96 valence electrons. The second-order valence-corrected chi connectivity index (χ2v) is 6.74. The third-order valence-corrected chi connectivity index (χ3v) is 4.23. The zero-order valence-electron chi connectivity index (χ0n) is 10.2. The SMILES string of the molecule is Cc1cc(C(O)Cc2cc(F)cc(Br)c2)c(C)s1. The molecule has 0 aliphatic heterocycles. The second kappa shape index (κ2) is 5.51. The Kier molecular flexibility index (Phi) is 4.20. The molecule has 0 aliphatic carbocycles. The van der Waals surface area contributed by atoms with Crippen LogP contribution >= 0.6 is 27.3 Å². The Morgan fingerprint density at radius 1 is 1.28 bits per heavy atom. The highest BCUT2D eigenvalue weighted by molar-refractivity contribution is 9.10. The average Bonchev–Trinajstić information content (AvgIpc) is 2.56. The number of thiophene rings is 1. The molecule has 1 atom stereocenters. The van der Waals surface area contributed by atoms with E-state index in [1.165, 1.54) is 17.0 Å². The summed E-state index contributed by atoms with van der Waals surface area (Å²) in [4.78, 5) is 2.30. The van der Waals surface area contributed by atoms with Gasteiger partial charge >= 0.3 is 0 Å². The molecule has 1 heterocycles. The summed E-state index contributed by atoms with van der Waals surface area (Å²) in [6.45, 7) is 4.02. The lowest BCUT2D eigenvalue weighted by Crippen LogP contribution is -2.02. The summed E-state index contributed by atoms with van der Waals surface area (Å²) in [6, 6.07) is 6.71. The number of hydrogen-bond acceptors (Lipinski definition) is 2. The van der Waals surface area contributed by atoms with Crippen molar-refractivity contribution in [2.75, 3.05) is 0 Å². The molecule has 18 heavy (non-hydrogen) atoms. The highest BCUT2D eigenvalue weighted by Gasteiger charge is 2.14. The number of halogens is 2. The fourth-order valence-corrected chi connectivity index (χ4v) is 3.54. The molecule has 0 saturated heterocycles. The zero-order chi connectivity index (χ0) is 13.3. The Hall–Kier alpha value is -0.710. The maximum atomic E-state index is 13.3. The van der Waals surface area contributed by atoms with Crippen molar-refractivity contribution >= 4 is 27.3 Å². The van der Waals surface area contributed by atoms with Gasteiger partial charge in [-0.05, 0) is 49.2 Å². The number of aryl methyl sites for hydroxylation is 2. The van der Waals surface area contributed by atoms with E-state index in [9.17, 15) is 9.50 Å². The van der Waals surface area contributed by atoms with Gasteiger partial charge in [-0.2, -0.15) is 0 Å². The first kappa shape index (κ1) is 13.7. The van der Waals surface area contributed by atoms with Gasteiger partial charge in [0.15, 0.2) is 0 Å². The van der Waals surface area contributed by atoms with Crippen LogP contribution in [0.5, 0.6) is 0 Å². The monoisotopic (exact) mass is 328 g/mol. The molecular formula is C14H14BrFOS. The predicted molar refractivity (Wildman–Crippen MR) is 76.6 cm³/mol. The van der Waals surface area contributed by atoms with Crippen LogP contribution in [0.1, 0.15) is 27.0 Å². The van der Waals surface area contributed by atoms with Crippen LogP contribution in [0, 0.1) is 19.7 Å². The van der Waals surface area contributed by atoms with Gasteiger partial charge in [-0.3, -0.25) is 0 Å². The summed E-state index contributed by atoms with van der Waals surface area (Å²) < 4.78 is 14.0. The molecule has 2 rings (SSSR count). The summed E-state index contributed by atoms with van der Waals surface area (Å²) >= 11 is 4.93. The van der Waals surface area contributed by atoms with E-state index in [1.54, 1.807) is 11.3 Å². The second-order valence-electron chi connectivity index (χ2n) is 4.37. The van der Waals surface area contributed by atoms with Gasteiger partial charge in [-0.15, -0.1) is 11.3 Å². The molecule has 1 unspecified atom stereocenters. The maximum Gasteiger partial charge on any atom is 0.124 e. The molecule has 2 aromatic rings. The first-order valence-corrected chi connectivity index (χ1v) is 7.26. The van der Waals surface area contributed by atoms with Gasteiger partial charge in [0, 0.05) is 20.6 Å². The first-order chi connectivity index (χ1) is 8.45. The van der Waals surface area contributed by atoms with E-state index in [-0.39, 0.29) is 5.82 Å². The molecule has 1 aromatic heterocycles.